The lowest BCUT2D eigenvalue weighted by molar-refractivity contribution is 0.585. The Bertz CT molecular complexity index is 809. The Morgan fingerprint density at radius 3 is 1.57 bits per heavy atom. The molecule has 2 aromatic heterocycles. The van der Waals surface area contributed by atoms with Crippen molar-refractivity contribution in [3.05, 3.63) is 73.1 Å². The standard InChI is InChI=1S/C19H18N2/c1-3-8-18-16(6-1)10-14-20(18)12-5-13-21-15-11-17-7-2-4-9-19(17)21/h1-4,6-11,14-15H,5,12-13H2. The number of aryl methyl sites for hydroxylation is 2. The number of benzene rings is 2. The minimum atomic E-state index is 1.06. The number of aromatic nitrogens is 2. The predicted octanol–water partition coefficient (Wildman–Crippen LogP) is 4.69. The van der Waals surface area contributed by atoms with Gasteiger partial charge in [-0.2, -0.15) is 0 Å². The summed E-state index contributed by atoms with van der Waals surface area (Å²) in [6.45, 7) is 2.11. The highest BCUT2D eigenvalue weighted by Crippen LogP contribution is 2.17. The zero-order valence-electron chi connectivity index (χ0n) is 11.9. The van der Waals surface area contributed by atoms with Gasteiger partial charge >= 0.3 is 0 Å². The average Bonchev–Trinajstić information content (AvgIpc) is 3.13. The number of hydrogen-bond donors (Lipinski definition) is 0. The van der Waals surface area contributed by atoms with E-state index >= 15 is 0 Å². The van der Waals surface area contributed by atoms with Gasteiger partial charge in [0.1, 0.15) is 0 Å². The first-order valence-electron chi connectivity index (χ1n) is 7.49. The Morgan fingerprint density at radius 2 is 1.05 bits per heavy atom. The summed E-state index contributed by atoms with van der Waals surface area (Å²) < 4.78 is 4.70. The molecule has 0 radical (unpaired) electrons. The van der Waals surface area contributed by atoms with Crippen LogP contribution < -0.4 is 0 Å². The molecule has 2 nitrogen and oxygen atoms in total. The molecule has 4 rings (SSSR count). The second-order valence-electron chi connectivity index (χ2n) is 5.49. The molecule has 4 aromatic rings. The van der Waals surface area contributed by atoms with E-state index < -0.39 is 0 Å². The highest BCUT2D eigenvalue weighted by Gasteiger charge is 2.02. The van der Waals surface area contributed by atoms with Gasteiger partial charge in [-0.3, -0.25) is 0 Å². The summed E-state index contributed by atoms with van der Waals surface area (Å²) in [5, 5.41) is 2.65. The van der Waals surface area contributed by atoms with Gasteiger partial charge in [0.25, 0.3) is 0 Å². The van der Waals surface area contributed by atoms with Gasteiger partial charge in [-0.25, -0.2) is 0 Å². The Balaban J connectivity index is 1.50. The first kappa shape index (κ1) is 12.3. The van der Waals surface area contributed by atoms with Gasteiger partial charge in [0, 0.05) is 36.5 Å². The molecule has 2 aromatic carbocycles. The van der Waals surface area contributed by atoms with Crippen LogP contribution in [0.15, 0.2) is 73.1 Å². The van der Waals surface area contributed by atoms with E-state index in [1.54, 1.807) is 0 Å². The van der Waals surface area contributed by atoms with Crippen LogP contribution in [0.1, 0.15) is 6.42 Å². The minimum Gasteiger partial charge on any atom is -0.347 e. The van der Waals surface area contributed by atoms with Crippen molar-refractivity contribution in [2.45, 2.75) is 19.5 Å². The first-order valence-corrected chi connectivity index (χ1v) is 7.49. The molecule has 21 heavy (non-hydrogen) atoms. The van der Waals surface area contributed by atoms with Crippen molar-refractivity contribution in [3.63, 3.8) is 0 Å². The van der Waals surface area contributed by atoms with Gasteiger partial charge in [-0.05, 0) is 41.5 Å². The lowest BCUT2D eigenvalue weighted by atomic mass is 10.2. The summed E-state index contributed by atoms with van der Waals surface area (Å²) in [5.74, 6) is 0. The smallest absolute Gasteiger partial charge is 0.0480 e. The fraction of sp³-hybridized carbons (Fsp3) is 0.158. The molecule has 0 unspecified atom stereocenters. The van der Waals surface area contributed by atoms with Gasteiger partial charge < -0.3 is 9.13 Å². The second-order valence-corrected chi connectivity index (χ2v) is 5.49. The van der Waals surface area contributed by atoms with E-state index in [4.69, 9.17) is 0 Å². The Kier molecular flexibility index (Phi) is 3.00. The van der Waals surface area contributed by atoms with Crippen LogP contribution in [-0.2, 0) is 13.1 Å². The highest BCUT2D eigenvalue weighted by molar-refractivity contribution is 5.80. The van der Waals surface area contributed by atoms with Crippen molar-refractivity contribution in [2.75, 3.05) is 0 Å². The molecule has 0 fully saturated rings. The number of hydrogen-bond acceptors (Lipinski definition) is 0. The van der Waals surface area contributed by atoms with Crippen LogP contribution in [-0.4, -0.2) is 9.13 Å². The predicted molar refractivity (Wildman–Crippen MR) is 88.5 cm³/mol. The first-order chi connectivity index (χ1) is 10.4. The van der Waals surface area contributed by atoms with Crippen molar-refractivity contribution in [2.24, 2.45) is 0 Å². The zero-order chi connectivity index (χ0) is 14.1. The van der Waals surface area contributed by atoms with E-state index in [2.05, 4.69) is 82.2 Å². The Labute approximate surface area is 124 Å². The van der Waals surface area contributed by atoms with Gasteiger partial charge in [-0.1, -0.05) is 36.4 Å². The van der Waals surface area contributed by atoms with Gasteiger partial charge in [0.05, 0.1) is 0 Å². The SMILES string of the molecule is c1ccc2c(c1)ccn2CCCn1ccc2ccccc21. The molecule has 104 valence electrons. The van der Waals surface area contributed by atoms with Gasteiger partial charge in [0.2, 0.25) is 0 Å². The highest BCUT2D eigenvalue weighted by atomic mass is 15.0. The van der Waals surface area contributed by atoms with Gasteiger partial charge in [-0.15, -0.1) is 0 Å². The fourth-order valence-corrected chi connectivity index (χ4v) is 3.08. The third kappa shape index (κ3) is 2.23. The Hall–Kier alpha value is -2.48. The largest absolute Gasteiger partial charge is 0.347 e. The fourth-order valence-electron chi connectivity index (χ4n) is 3.08. The summed E-state index contributed by atoms with van der Waals surface area (Å²) in [6.07, 6.45) is 5.52. The third-order valence-corrected chi connectivity index (χ3v) is 4.16. The van der Waals surface area contributed by atoms with E-state index in [1.165, 1.54) is 21.8 Å². The number of para-hydroxylation sites is 2. The van der Waals surface area contributed by atoms with Crippen molar-refractivity contribution in [3.8, 4) is 0 Å². The van der Waals surface area contributed by atoms with E-state index in [9.17, 15) is 0 Å². The maximum Gasteiger partial charge on any atom is 0.0480 e. The van der Waals surface area contributed by atoms with E-state index in [0.29, 0.717) is 0 Å². The maximum absolute atomic E-state index is 2.35. The molecule has 0 aliphatic rings. The summed E-state index contributed by atoms with van der Waals surface area (Å²) in [5.41, 5.74) is 2.66. The molecule has 2 heteroatoms. The monoisotopic (exact) mass is 274 g/mol. The molecule has 0 atom stereocenters. The lowest BCUT2D eigenvalue weighted by Gasteiger charge is -2.08. The average molecular weight is 274 g/mol. The molecule has 0 N–H and O–H groups in total. The third-order valence-electron chi connectivity index (χ3n) is 4.16. The van der Waals surface area contributed by atoms with Crippen molar-refractivity contribution >= 4 is 21.8 Å². The molecule has 0 saturated heterocycles. The molecule has 0 saturated carbocycles. The number of rotatable bonds is 4. The van der Waals surface area contributed by atoms with Crippen molar-refractivity contribution in [1.29, 1.82) is 0 Å². The summed E-state index contributed by atoms with van der Waals surface area (Å²) in [4.78, 5) is 0. The lowest BCUT2D eigenvalue weighted by Crippen LogP contribution is -2.02. The molecule has 0 aliphatic heterocycles. The molecule has 0 aliphatic carbocycles. The summed E-state index contributed by atoms with van der Waals surface area (Å²) >= 11 is 0. The quantitative estimate of drug-likeness (QED) is 0.511. The van der Waals surface area contributed by atoms with Crippen LogP contribution in [0.4, 0.5) is 0 Å². The van der Waals surface area contributed by atoms with E-state index in [-0.39, 0.29) is 0 Å². The minimum absolute atomic E-state index is 1.06. The van der Waals surface area contributed by atoms with E-state index in [0.717, 1.165) is 19.5 Å². The van der Waals surface area contributed by atoms with Crippen LogP contribution in [0.3, 0.4) is 0 Å². The molecule has 0 spiro atoms. The topological polar surface area (TPSA) is 9.86 Å². The van der Waals surface area contributed by atoms with Crippen molar-refractivity contribution < 1.29 is 0 Å². The van der Waals surface area contributed by atoms with Crippen LogP contribution in [0.25, 0.3) is 21.8 Å². The molecular formula is C19H18N2. The van der Waals surface area contributed by atoms with Crippen LogP contribution in [0, 0.1) is 0 Å². The second kappa shape index (κ2) is 5.13. The number of nitrogens with zero attached hydrogens (tertiary/aromatic N) is 2. The van der Waals surface area contributed by atoms with E-state index in [1.807, 2.05) is 0 Å². The molecular weight excluding hydrogens is 256 g/mol. The summed E-state index contributed by atoms with van der Waals surface area (Å²) in [6, 6.07) is 21.5. The van der Waals surface area contributed by atoms with Crippen molar-refractivity contribution in [1.82, 2.24) is 9.13 Å². The summed E-state index contributed by atoms with van der Waals surface area (Å²) in [7, 11) is 0. The van der Waals surface area contributed by atoms with Crippen LogP contribution in [0.5, 0.6) is 0 Å². The van der Waals surface area contributed by atoms with Crippen LogP contribution >= 0.6 is 0 Å². The normalized spacial score (nSPS) is 11.4. The van der Waals surface area contributed by atoms with Gasteiger partial charge in [0.15, 0.2) is 0 Å². The number of fused-ring (bicyclic) bond motifs is 2. The molecule has 2 heterocycles. The Morgan fingerprint density at radius 1 is 0.571 bits per heavy atom. The molecule has 0 bridgehead atoms. The van der Waals surface area contributed by atoms with Crippen LogP contribution in [0.2, 0.25) is 0 Å². The molecule has 0 amide bonds. The zero-order valence-corrected chi connectivity index (χ0v) is 11.9. The maximum atomic E-state index is 2.35.